The van der Waals surface area contributed by atoms with Crippen LogP contribution in [-0.4, -0.2) is 63.8 Å². The Hall–Kier alpha value is -1.35. The number of esters is 1. The Morgan fingerprint density at radius 1 is 1.54 bits per heavy atom. The monoisotopic (exact) mass is 441 g/mol. The van der Waals surface area contributed by atoms with Gasteiger partial charge in [0.2, 0.25) is 6.04 Å². The average Bonchev–Trinajstić information content (AvgIpc) is 2.94. The van der Waals surface area contributed by atoms with E-state index in [0.29, 0.717) is 0 Å². The highest BCUT2D eigenvalue weighted by Gasteiger charge is 2.47. The second-order valence-corrected chi connectivity index (χ2v) is 9.07. The number of aliphatic hydroxyl groups excluding tert-OH is 2. The van der Waals surface area contributed by atoms with Gasteiger partial charge >= 0.3 is 11.7 Å². The molecular weight excluding hydrogens is 419 g/mol. The molecule has 13 nitrogen and oxygen atoms in total. The number of carbonyl (C=O) groups excluding carboxylic acids is 1. The van der Waals surface area contributed by atoms with E-state index in [1.54, 1.807) is 0 Å². The first kappa shape index (κ1) is 22.9. The molecule has 2 heterocycles. The van der Waals surface area contributed by atoms with Crippen molar-refractivity contribution in [3.05, 3.63) is 33.1 Å². The molecule has 15 heteroatoms. The first-order valence-electron chi connectivity index (χ1n) is 7.99. The second-order valence-electron chi connectivity index (χ2n) is 5.86. The van der Waals surface area contributed by atoms with Gasteiger partial charge in [0.1, 0.15) is 24.9 Å². The molecule has 0 aliphatic carbocycles. The highest BCUT2D eigenvalue weighted by atomic mass is 32.7. The Bertz CT molecular complexity index is 807. The van der Waals surface area contributed by atoms with Gasteiger partial charge in [0.25, 0.3) is 12.6 Å². The molecule has 1 saturated heterocycles. The lowest BCUT2D eigenvalue weighted by Gasteiger charge is -2.26. The molecule has 1 radical (unpaired) electrons. The Morgan fingerprint density at radius 2 is 2.21 bits per heavy atom. The topological polar surface area (TPSA) is 191 Å². The highest BCUT2D eigenvalue weighted by Crippen LogP contribution is 2.53. The number of hydrogen-bond acceptors (Lipinski definition) is 11. The van der Waals surface area contributed by atoms with Gasteiger partial charge < -0.3 is 31.9 Å². The SMILES string of the molecule is C[O+]C(=O)C(C)N[P+]([S-])(O[NH3+])OC[C@H]1O[C@@H](n2ccc(=O)[nH]c2=O)[C@H](O)[C@@H]1O. The fraction of sp³-hybridized carbons (Fsp3) is 0.615. The van der Waals surface area contributed by atoms with Crippen LogP contribution in [0.2, 0.25) is 0 Å². The number of rotatable bonds is 8. The number of aliphatic hydroxyl groups is 2. The molecule has 2 rings (SSSR count). The van der Waals surface area contributed by atoms with Crippen molar-refractivity contribution >= 4 is 25.3 Å². The van der Waals surface area contributed by atoms with Crippen LogP contribution < -0.4 is 22.2 Å². The Balaban J connectivity index is 2.06. The van der Waals surface area contributed by atoms with Crippen LogP contribution in [0.1, 0.15) is 13.2 Å². The minimum atomic E-state index is -3.25. The number of aromatic nitrogens is 2. The molecule has 1 aromatic rings. The number of H-pyrrole nitrogens is 1. The number of carbonyl (C=O) groups is 1. The van der Waals surface area contributed by atoms with Gasteiger partial charge in [-0.15, -0.1) is 5.09 Å². The Labute approximate surface area is 164 Å². The third-order valence-corrected chi connectivity index (χ3v) is 6.43. The predicted molar refractivity (Wildman–Crippen MR) is 96.1 cm³/mol. The molecule has 0 aromatic carbocycles. The average molecular weight is 441 g/mol. The lowest BCUT2D eigenvalue weighted by Crippen LogP contribution is -2.52. The van der Waals surface area contributed by atoms with Crippen molar-refractivity contribution in [3.8, 4) is 0 Å². The van der Waals surface area contributed by atoms with Crippen LogP contribution >= 0.6 is 7.07 Å². The highest BCUT2D eigenvalue weighted by molar-refractivity contribution is 8.37. The fourth-order valence-electron chi connectivity index (χ4n) is 2.47. The van der Waals surface area contributed by atoms with Gasteiger partial charge in [-0.3, -0.25) is 14.3 Å². The van der Waals surface area contributed by atoms with E-state index in [1.165, 1.54) is 14.0 Å². The van der Waals surface area contributed by atoms with Crippen molar-refractivity contribution in [2.75, 3.05) is 13.7 Å². The summed E-state index contributed by atoms with van der Waals surface area (Å²) in [5.41, 5.74) is -1.43. The summed E-state index contributed by atoms with van der Waals surface area (Å²) >= 11 is 5.20. The van der Waals surface area contributed by atoms with Crippen molar-refractivity contribution in [1.82, 2.24) is 14.6 Å². The van der Waals surface area contributed by atoms with E-state index in [9.17, 15) is 24.6 Å². The number of quaternary nitrogens is 1. The minimum absolute atomic E-state index is 0.333. The van der Waals surface area contributed by atoms with Crippen molar-refractivity contribution in [2.24, 2.45) is 0 Å². The molecule has 1 aromatic heterocycles. The predicted octanol–water partition coefficient (Wildman–Crippen LogP) is -3.28. The van der Waals surface area contributed by atoms with Crippen LogP contribution in [0.3, 0.4) is 0 Å². The fourth-order valence-corrected chi connectivity index (χ4v) is 4.28. The lowest BCUT2D eigenvalue weighted by atomic mass is 10.1. The molecule has 1 aliphatic rings. The molecule has 1 fully saturated rings. The number of methoxy groups -OCH3 is 1. The van der Waals surface area contributed by atoms with Crippen LogP contribution in [0, 0.1) is 0 Å². The van der Waals surface area contributed by atoms with Crippen LogP contribution in [0.5, 0.6) is 0 Å². The number of nitrogens with one attached hydrogen (secondary N) is 2. The standard InChI is InChI=1S/C13H21N4O9PS/c1-6(12(21)23-2)16-27(28,26-14)24-5-7-9(19)10(20)11(25-7)17-4-3-8(18)15-13(17)22/h3-4,6-7,9-11,19-20H,5H2,1-2,14H3,(H-,15,16,18,22,28)/q+1/p+1/t6?,7-,9-,10-,11-,27?/m1/s1. The van der Waals surface area contributed by atoms with E-state index >= 15 is 0 Å². The largest absolute Gasteiger partial charge is 0.594 e. The zero-order valence-corrected chi connectivity index (χ0v) is 16.7. The van der Waals surface area contributed by atoms with Crippen LogP contribution in [0.4, 0.5) is 0 Å². The first-order chi connectivity index (χ1) is 13.1. The normalized spacial score (nSPS) is 27.9. The maximum absolute atomic E-state index is 11.9. The Morgan fingerprint density at radius 3 is 2.79 bits per heavy atom. The molecule has 1 aliphatic heterocycles. The summed E-state index contributed by atoms with van der Waals surface area (Å²) in [6.45, 7) is 1.15. The van der Waals surface area contributed by atoms with Gasteiger partial charge in [0, 0.05) is 12.3 Å². The molecule has 157 valence electrons. The van der Waals surface area contributed by atoms with E-state index in [-0.39, 0.29) is 6.61 Å². The molecule has 0 saturated carbocycles. The number of aromatic amines is 1. The van der Waals surface area contributed by atoms with Gasteiger partial charge in [-0.1, -0.05) is 0 Å². The van der Waals surface area contributed by atoms with Crippen LogP contribution in [-0.2, 0) is 35.7 Å². The van der Waals surface area contributed by atoms with Crippen molar-refractivity contribution in [2.45, 2.75) is 37.5 Å². The summed E-state index contributed by atoms with van der Waals surface area (Å²) in [4.78, 5) is 36.6. The van der Waals surface area contributed by atoms with E-state index in [4.69, 9.17) is 26.1 Å². The zero-order chi connectivity index (χ0) is 21.1. The first-order valence-corrected chi connectivity index (χ1v) is 10.6. The van der Waals surface area contributed by atoms with E-state index < -0.39 is 54.9 Å². The van der Waals surface area contributed by atoms with E-state index in [0.717, 1.165) is 16.8 Å². The molecule has 0 amide bonds. The molecule has 6 atom stereocenters. The van der Waals surface area contributed by atoms with Crippen molar-refractivity contribution < 1.29 is 39.5 Å². The zero-order valence-electron chi connectivity index (χ0n) is 15.0. The molecule has 2 unspecified atom stereocenters. The summed E-state index contributed by atoms with van der Waals surface area (Å²) in [6.07, 6.45) is -4.10. The molecule has 0 bridgehead atoms. The van der Waals surface area contributed by atoms with Gasteiger partial charge in [-0.25, -0.2) is 9.32 Å². The molecule has 0 spiro atoms. The van der Waals surface area contributed by atoms with Crippen molar-refractivity contribution in [1.29, 1.82) is 0 Å². The maximum Gasteiger partial charge on any atom is 0.594 e. The van der Waals surface area contributed by atoms with Crippen LogP contribution in [0.15, 0.2) is 21.9 Å². The van der Waals surface area contributed by atoms with Gasteiger partial charge in [0.15, 0.2) is 13.3 Å². The second kappa shape index (κ2) is 9.43. The smallest absolute Gasteiger partial charge is 0.466 e. The van der Waals surface area contributed by atoms with Gasteiger partial charge in [-0.2, -0.15) is 5.90 Å². The van der Waals surface area contributed by atoms with E-state index in [1.807, 2.05) is 4.98 Å². The molecule has 28 heavy (non-hydrogen) atoms. The maximum atomic E-state index is 11.9. The summed E-state index contributed by atoms with van der Waals surface area (Å²) in [6, 6.07) is 0.229. The third kappa shape index (κ3) is 5.17. The summed E-state index contributed by atoms with van der Waals surface area (Å²) in [5.74, 6) is 2.63. The summed E-state index contributed by atoms with van der Waals surface area (Å²) in [7, 11) is -2.04. The molecule has 7 N–H and O–H groups in total. The van der Waals surface area contributed by atoms with E-state index in [2.05, 4.69) is 15.7 Å². The van der Waals surface area contributed by atoms with Crippen LogP contribution in [0.25, 0.3) is 0 Å². The summed E-state index contributed by atoms with van der Waals surface area (Å²) in [5, 5.41) is 23.0. The quantitative estimate of drug-likeness (QED) is 0.0893. The van der Waals surface area contributed by atoms with Gasteiger partial charge in [0.05, 0.1) is 4.79 Å². The van der Waals surface area contributed by atoms with Crippen molar-refractivity contribution in [3.63, 3.8) is 0 Å². The Kier molecular flexibility index (Phi) is 7.73. The minimum Gasteiger partial charge on any atom is -0.466 e. The van der Waals surface area contributed by atoms with Gasteiger partial charge in [-0.05, 0) is 11.5 Å². The lowest BCUT2D eigenvalue weighted by molar-refractivity contribution is -0.639. The molecular formula is C13H22N4O9PS+2. The third-order valence-electron chi connectivity index (χ3n) is 3.95. The number of ether oxygens (including phenoxy) is 2. The summed E-state index contributed by atoms with van der Waals surface area (Å²) < 4.78 is 21.4. The number of hydrogen-bond donors (Lipinski definition) is 5. The number of nitrogens with zero attached hydrogens (tertiary/aromatic N) is 1.